The molecule has 0 saturated heterocycles. The van der Waals surface area contributed by atoms with Crippen LogP contribution in [0.15, 0.2) is 71.3 Å². The summed E-state index contributed by atoms with van der Waals surface area (Å²) in [6, 6.07) is 15.1. The van der Waals surface area contributed by atoms with E-state index in [9.17, 15) is 8.78 Å². The second-order valence-corrected chi connectivity index (χ2v) is 6.73. The van der Waals surface area contributed by atoms with Crippen LogP contribution in [0.5, 0.6) is 0 Å². The molecule has 0 spiro atoms. The molecule has 2 radical (unpaired) electrons. The quantitative estimate of drug-likeness (QED) is 0.203. The molecule has 0 N–H and O–H groups in total. The molecule has 1 aliphatic carbocycles. The van der Waals surface area contributed by atoms with Crippen LogP contribution in [0.1, 0.15) is 27.7 Å². The average molecular weight is 571 g/mol. The van der Waals surface area contributed by atoms with E-state index in [1.54, 1.807) is 6.07 Å². The minimum absolute atomic E-state index is 0. The van der Waals surface area contributed by atoms with Gasteiger partial charge in [0.1, 0.15) is 11.6 Å². The second kappa shape index (κ2) is 16.6. The molecule has 0 aromatic heterocycles. The first-order valence-corrected chi connectivity index (χ1v) is 13.2. The molecule has 0 bridgehead atoms. The van der Waals surface area contributed by atoms with Gasteiger partial charge in [-0.25, -0.2) is 14.4 Å². The van der Waals surface area contributed by atoms with Gasteiger partial charge in [0.25, 0.3) is 0 Å². The Balaban J connectivity index is -0.000000490. The summed E-state index contributed by atoms with van der Waals surface area (Å²) in [7, 11) is 0. The topological polar surface area (TPSA) is 0 Å². The molecule has 0 amide bonds. The van der Waals surface area contributed by atoms with Gasteiger partial charge in [-0.15, -0.1) is 78.4 Å². The van der Waals surface area contributed by atoms with Crippen LogP contribution < -0.4 is 0 Å². The molecule has 3 aromatic rings. The van der Waals surface area contributed by atoms with Crippen LogP contribution in [0, 0.1) is 38.5 Å². The predicted molar refractivity (Wildman–Crippen MR) is 138 cm³/mol. The van der Waals surface area contributed by atoms with Gasteiger partial charge in [0.15, 0.2) is 0 Å². The van der Waals surface area contributed by atoms with Gasteiger partial charge in [0, 0.05) is 5.56 Å². The van der Waals surface area contributed by atoms with Crippen molar-refractivity contribution < 1.29 is 32.1 Å². The number of halogens is 4. The van der Waals surface area contributed by atoms with Crippen molar-refractivity contribution >= 4 is 42.5 Å². The number of benzene rings is 2. The third-order valence-corrected chi connectivity index (χ3v) is 5.15. The molecule has 3 aromatic carbocycles. The number of fused-ring (bicyclic) bond motifs is 1. The van der Waals surface area contributed by atoms with Crippen LogP contribution in [-0.2, 0) is 23.3 Å². The Kier molecular flexibility index (Phi) is 18.5. The zero-order valence-electron chi connectivity index (χ0n) is 19.3. The zero-order valence-corrected chi connectivity index (χ0v) is 24.4. The molecule has 1 atom stereocenters. The van der Waals surface area contributed by atoms with E-state index in [1.165, 1.54) is 58.3 Å². The Bertz CT molecular complexity index is 1020. The van der Waals surface area contributed by atoms with Gasteiger partial charge in [-0.1, -0.05) is 38.8 Å². The van der Waals surface area contributed by atoms with Gasteiger partial charge in [-0.2, -0.15) is 11.1 Å². The first-order chi connectivity index (χ1) is 13.4. The number of allylic oxidation sites excluding steroid dienone is 4. The Morgan fingerprint density at radius 2 is 1.44 bits per heavy atom. The van der Waals surface area contributed by atoms with Crippen LogP contribution >= 0.6 is 24.8 Å². The fraction of sp³-hybridized carbons (Fsp3) is 0.192. The van der Waals surface area contributed by atoms with E-state index < -0.39 is 11.6 Å². The Morgan fingerprint density at radius 3 is 1.88 bits per heavy atom. The predicted octanol–water partition coefficient (Wildman–Crippen LogP) is 8.59. The molecular weight excluding hydrogens is 540 g/mol. The van der Waals surface area contributed by atoms with E-state index in [1.807, 2.05) is 30.3 Å². The van der Waals surface area contributed by atoms with Crippen LogP contribution in [0.25, 0.3) is 21.9 Å². The summed E-state index contributed by atoms with van der Waals surface area (Å²) < 4.78 is 27.4. The fourth-order valence-electron chi connectivity index (χ4n) is 3.29. The van der Waals surface area contributed by atoms with Crippen LogP contribution in [0.3, 0.4) is 0 Å². The van der Waals surface area contributed by atoms with Crippen molar-refractivity contribution in [2.75, 3.05) is 0 Å². The maximum atomic E-state index is 13.7. The molecule has 6 heteroatoms. The monoisotopic (exact) mass is 568 g/mol. The van der Waals surface area contributed by atoms with Crippen molar-refractivity contribution in [1.29, 1.82) is 0 Å². The molecule has 0 aliphatic heterocycles. The van der Waals surface area contributed by atoms with Crippen molar-refractivity contribution in [2.24, 2.45) is 5.92 Å². The third-order valence-electron chi connectivity index (χ3n) is 5.15. The van der Waals surface area contributed by atoms with Gasteiger partial charge in [0.05, 0.1) is 0 Å². The van der Waals surface area contributed by atoms with Crippen molar-refractivity contribution in [3.63, 3.8) is 0 Å². The summed E-state index contributed by atoms with van der Waals surface area (Å²) in [6.45, 7) is 11.7. The third kappa shape index (κ3) is 8.13. The van der Waals surface area contributed by atoms with Gasteiger partial charge in [0.2, 0.25) is 0 Å². The summed E-state index contributed by atoms with van der Waals surface area (Å²) >= 11 is 1.36. The molecule has 4 rings (SSSR count). The summed E-state index contributed by atoms with van der Waals surface area (Å²) in [5.74, 6) is -0.493. The molecule has 0 fully saturated rings. The maximum absolute atomic E-state index is 13.7. The van der Waals surface area contributed by atoms with E-state index >= 15 is 0 Å². The summed E-state index contributed by atoms with van der Waals surface area (Å²) in [4.78, 5) is 0. The molecular formula is C26H30Cl2F2SiZr-4. The molecule has 1 unspecified atom stereocenters. The van der Waals surface area contributed by atoms with Crippen molar-refractivity contribution in [1.82, 2.24) is 0 Å². The summed E-state index contributed by atoms with van der Waals surface area (Å²) in [5, 5.41) is 1.86. The van der Waals surface area contributed by atoms with E-state index in [-0.39, 0.29) is 45.2 Å². The van der Waals surface area contributed by atoms with Crippen molar-refractivity contribution in [3.05, 3.63) is 104 Å². The van der Waals surface area contributed by atoms with Crippen molar-refractivity contribution in [2.45, 2.75) is 27.7 Å². The summed E-state index contributed by atoms with van der Waals surface area (Å²) in [5.41, 5.74) is 4.90. The molecule has 0 heterocycles. The molecule has 32 heavy (non-hydrogen) atoms. The first kappa shape index (κ1) is 35.7. The van der Waals surface area contributed by atoms with E-state index in [0.29, 0.717) is 11.5 Å². The molecule has 0 nitrogen and oxygen atoms in total. The van der Waals surface area contributed by atoms with Crippen molar-refractivity contribution in [3.8, 4) is 11.1 Å². The van der Waals surface area contributed by atoms with Gasteiger partial charge in [-0.05, 0) is 12.1 Å². The van der Waals surface area contributed by atoms with Crippen LogP contribution in [-0.4, -0.2) is 6.88 Å². The standard InChI is InChI=1S/C15H9F2.C9H13.2CH3.2ClH.Si.Zr/c16-13-6-3-7-14(17)15(13)12-9-8-10-4-1-2-5-11(10)12;1-6-5-7(2)9(4)8(6)3;;;;;;/h1-9H;6H,1-4H3;2*1H3;2*1H;;/q4*-1;;;;. The Labute approximate surface area is 222 Å². The second-order valence-electron chi connectivity index (χ2n) is 6.73. The van der Waals surface area contributed by atoms with Gasteiger partial charge in [-0.3, -0.25) is 6.08 Å². The molecule has 1 aliphatic rings. The normalized spacial score (nSPS) is 13.5. The van der Waals surface area contributed by atoms with E-state index in [4.69, 9.17) is 0 Å². The van der Waals surface area contributed by atoms with E-state index in [0.717, 1.165) is 10.8 Å². The zero-order chi connectivity index (χ0) is 20.8. The van der Waals surface area contributed by atoms with E-state index in [2.05, 4.69) is 40.7 Å². The Hall–Kier alpha value is -0.930. The first-order valence-electron chi connectivity index (χ1n) is 9.01. The summed E-state index contributed by atoms with van der Waals surface area (Å²) in [6.07, 6.45) is 3.36. The van der Waals surface area contributed by atoms with Crippen LogP contribution in [0.2, 0.25) is 0 Å². The van der Waals surface area contributed by atoms with Crippen LogP contribution in [0.4, 0.5) is 8.78 Å². The number of hydrogen-bond donors (Lipinski definition) is 0. The average Bonchev–Trinajstić information content (AvgIpc) is 3.21. The Morgan fingerprint density at radius 1 is 0.906 bits per heavy atom. The SMILES string of the molecule is CC1=[C-]C(C)C(C)=C1C.Cl.Cl.Fc1cccc(F)c1-c1c[cH-]c2ccccc12.[CH3-].[CH3-].[Si]=[Zr]. The minimum atomic E-state index is -0.527. The number of rotatable bonds is 1. The molecule has 174 valence electrons. The fourth-order valence-corrected chi connectivity index (χ4v) is 3.29. The van der Waals surface area contributed by atoms with Gasteiger partial charge < -0.3 is 14.9 Å². The van der Waals surface area contributed by atoms with Gasteiger partial charge >= 0.3 is 30.2 Å². The number of hydrogen-bond acceptors (Lipinski definition) is 0. The molecule has 0 saturated carbocycles.